The molecule has 0 atom stereocenters. The summed E-state index contributed by atoms with van der Waals surface area (Å²) in [6, 6.07) is 17.0. The third-order valence-corrected chi connectivity index (χ3v) is 2.90. The van der Waals surface area contributed by atoms with Crippen LogP contribution in [0, 0.1) is 0 Å². The van der Waals surface area contributed by atoms with Gasteiger partial charge in [-0.3, -0.25) is 4.79 Å². The van der Waals surface area contributed by atoms with E-state index in [-0.39, 0.29) is 5.91 Å². The van der Waals surface area contributed by atoms with Gasteiger partial charge in [-0.2, -0.15) is 0 Å². The first-order chi connectivity index (χ1) is 10.2. The summed E-state index contributed by atoms with van der Waals surface area (Å²) in [4.78, 5) is 12.3. The van der Waals surface area contributed by atoms with Crippen LogP contribution in [-0.2, 0) is 6.54 Å². The van der Waals surface area contributed by atoms with Crippen molar-refractivity contribution in [2.24, 2.45) is 0 Å². The van der Waals surface area contributed by atoms with Crippen molar-refractivity contribution in [3.05, 3.63) is 77.9 Å². The average Bonchev–Trinajstić information content (AvgIpc) is 2.52. The van der Waals surface area contributed by atoms with Crippen molar-refractivity contribution in [2.45, 2.75) is 13.5 Å². The van der Waals surface area contributed by atoms with E-state index in [1.807, 2.05) is 49.4 Å². The summed E-state index contributed by atoms with van der Waals surface area (Å²) in [5.41, 5.74) is 2.51. The number of carbonyl (C=O) groups is 1. The van der Waals surface area contributed by atoms with E-state index in [0.29, 0.717) is 24.5 Å². The Hall–Kier alpha value is -2.55. The summed E-state index contributed by atoms with van der Waals surface area (Å²) in [7, 11) is 0. The Morgan fingerprint density at radius 3 is 2.48 bits per heavy atom. The van der Waals surface area contributed by atoms with Crippen molar-refractivity contribution in [2.75, 3.05) is 6.61 Å². The maximum Gasteiger partial charge on any atom is 0.255 e. The number of benzene rings is 2. The molecule has 0 aliphatic heterocycles. The molecule has 1 N–H and O–H groups in total. The number of nitrogens with one attached hydrogen (secondary N) is 1. The maximum atomic E-state index is 12.3. The van der Waals surface area contributed by atoms with Gasteiger partial charge in [0, 0.05) is 6.54 Å². The molecule has 2 aromatic carbocycles. The van der Waals surface area contributed by atoms with Crippen LogP contribution in [0.2, 0.25) is 0 Å². The zero-order chi connectivity index (χ0) is 15.1. The largest absolute Gasteiger partial charge is 0.488 e. The van der Waals surface area contributed by atoms with Gasteiger partial charge < -0.3 is 10.1 Å². The number of hydrogen-bond acceptors (Lipinski definition) is 2. The molecule has 0 radical (unpaired) electrons. The van der Waals surface area contributed by atoms with E-state index in [0.717, 1.165) is 11.1 Å². The van der Waals surface area contributed by atoms with Gasteiger partial charge in [0.25, 0.3) is 5.91 Å². The summed E-state index contributed by atoms with van der Waals surface area (Å²) in [5, 5.41) is 2.90. The highest BCUT2D eigenvalue weighted by atomic mass is 16.5. The van der Waals surface area contributed by atoms with Gasteiger partial charge in [-0.25, -0.2) is 0 Å². The third-order valence-electron chi connectivity index (χ3n) is 2.90. The van der Waals surface area contributed by atoms with Crippen LogP contribution in [0.3, 0.4) is 0 Å². The van der Waals surface area contributed by atoms with Crippen LogP contribution in [-0.4, -0.2) is 12.5 Å². The van der Waals surface area contributed by atoms with Crippen LogP contribution in [0.1, 0.15) is 22.8 Å². The molecule has 108 valence electrons. The van der Waals surface area contributed by atoms with Crippen molar-refractivity contribution < 1.29 is 9.53 Å². The smallest absolute Gasteiger partial charge is 0.255 e. The first-order valence-corrected chi connectivity index (χ1v) is 6.85. The molecular formula is C18H19NO2. The van der Waals surface area contributed by atoms with Crippen LogP contribution < -0.4 is 10.1 Å². The van der Waals surface area contributed by atoms with Crippen LogP contribution >= 0.6 is 0 Å². The van der Waals surface area contributed by atoms with E-state index in [4.69, 9.17) is 4.74 Å². The highest BCUT2D eigenvalue weighted by molar-refractivity contribution is 5.96. The zero-order valence-electron chi connectivity index (χ0n) is 12.1. The molecule has 2 aromatic rings. The van der Waals surface area contributed by atoms with Gasteiger partial charge in [0.15, 0.2) is 0 Å². The zero-order valence-corrected chi connectivity index (χ0v) is 12.1. The second-order valence-corrected chi connectivity index (χ2v) is 4.91. The van der Waals surface area contributed by atoms with Gasteiger partial charge in [0.05, 0.1) is 5.56 Å². The molecule has 0 saturated heterocycles. The van der Waals surface area contributed by atoms with E-state index in [2.05, 4.69) is 11.9 Å². The van der Waals surface area contributed by atoms with Gasteiger partial charge in [-0.1, -0.05) is 49.0 Å². The Morgan fingerprint density at radius 2 is 1.76 bits per heavy atom. The van der Waals surface area contributed by atoms with Crippen LogP contribution in [0.5, 0.6) is 5.75 Å². The second kappa shape index (κ2) is 7.29. The predicted octanol–water partition coefficient (Wildman–Crippen LogP) is 3.57. The summed E-state index contributed by atoms with van der Waals surface area (Å²) in [6.07, 6.45) is 0. The SMILES string of the molecule is C=C(C)COc1ccccc1C(=O)NCc1ccccc1. The second-order valence-electron chi connectivity index (χ2n) is 4.91. The van der Waals surface area contributed by atoms with Crippen molar-refractivity contribution in [1.82, 2.24) is 5.32 Å². The third kappa shape index (κ3) is 4.49. The highest BCUT2D eigenvalue weighted by Crippen LogP contribution is 2.18. The van der Waals surface area contributed by atoms with Crippen LogP contribution in [0.15, 0.2) is 66.7 Å². The Kier molecular flexibility index (Phi) is 5.16. The topological polar surface area (TPSA) is 38.3 Å². The molecule has 0 aromatic heterocycles. The van der Waals surface area contributed by atoms with Crippen LogP contribution in [0.25, 0.3) is 0 Å². The lowest BCUT2D eigenvalue weighted by Crippen LogP contribution is -2.23. The lowest BCUT2D eigenvalue weighted by molar-refractivity contribution is 0.0947. The molecule has 0 spiro atoms. The van der Waals surface area contributed by atoms with Gasteiger partial charge in [-0.05, 0) is 30.2 Å². The van der Waals surface area contributed by atoms with Crippen molar-refractivity contribution in [1.29, 1.82) is 0 Å². The molecule has 0 unspecified atom stereocenters. The van der Waals surface area contributed by atoms with Crippen LogP contribution in [0.4, 0.5) is 0 Å². The Morgan fingerprint density at radius 1 is 1.10 bits per heavy atom. The summed E-state index contributed by atoms with van der Waals surface area (Å²) in [6.45, 7) is 6.58. The van der Waals surface area contributed by atoms with E-state index >= 15 is 0 Å². The number of carbonyl (C=O) groups excluding carboxylic acids is 1. The van der Waals surface area contributed by atoms with E-state index < -0.39 is 0 Å². The van der Waals surface area contributed by atoms with E-state index in [1.54, 1.807) is 12.1 Å². The molecule has 0 saturated carbocycles. The molecule has 0 fully saturated rings. The molecule has 0 bridgehead atoms. The minimum absolute atomic E-state index is 0.142. The summed E-state index contributed by atoms with van der Waals surface area (Å²) < 4.78 is 5.61. The number of amides is 1. The Balaban J connectivity index is 2.03. The first-order valence-electron chi connectivity index (χ1n) is 6.85. The standard InChI is InChI=1S/C18H19NO2/c1-14(2)13-21-17-11-7-6-10-16(17)18(20)19-12-15-8-4-3-5-9-15/h3-11H,1,12-13H2,2H3,(H,19,20). The molecule has 3 heteroatoms. The lowest BCUT2D eigenvalue weighted by Gasteiger charge is -2.11. The fraction of sp³-hybridized carbons (Fsp3) is 0.167. The predicted molar refractivity (Wildman–Crippen MR) is 84.4 cm³/mol. The number of rotatable bonds is 6. The van der Waals surface area contributed by atoms with E-state index in [1.165, 1.54) is 0 Å². The molecule has 3 nitrogen and oxygen atoms in total. The molecular weight excluding hydrogens is 262 g/mol. The maximum absolute atomic E-state index is 12.3. The normalized spacial score (nSPS) is 9.95. The lowest BCUT2D eigenvalue weighted by atomic mass is 10.1. The average molecular weight is 281 g/mol. The number of para-hydroxylation sites is 1. The molecule has 0 aliphatic carbocycles. The van der Waals surface area contributed by atoms with Gasteiger partial charge in [0.1, 0.15) is 12.4 Å². The quantitative estimate of drug-likeness (QED) is 0.822. The molecule has 1 amide bonds. The fourth-order valence-corrected chi connectivity index (χ4v) is 1.85. The first kappa shape index (κ1) is 14.9. The Bertz CT molecular complexity index is 620. The Labute approximate surface area is 125 Å². The minimum Gasteiger partial charge on any atom is -0.488 e. The number of ether oxygens (including phenoxy) is 1. The molecule has 21 heavy (non-hydrogen) atoms. The fourth-order valence-electron chi connectivity index (χ4n) is 1.85. The van der Waals surface area contributed by atoms with Gasteiger partial charge >= 0.3 is 0 Å². The van der Waals surface area contributed by atoms with Crippen molar-refractivity contribution in [3.63, 3.8) is 0 Å². The molecule has 0 aliphatic rings. The number of hydrogen-bond donors (Lipinski definition) is 1. The highest BCUT2D eigenvalue weighted by Gasteiger charge is 2.11. The van der Waals surface area contributed by atoms with Gasteiger partial charge in [-0.15, -0.1) is 0 Å². The monoisotopic (exact) mass is 281 g/mol. The summed E-state index contributed by atoms with van der Waals surface area (Å²) in [5.74, 6) is 0.433. The molecule has 2 rings (SSSR count). The van der Waals surface area contributed by atoms with E-state index in [9.17, 15) is 4.79 Å². The summed E-state index contributed by atoms with van der Waals surface area (Å²) >= 11 is 0. The van der Waals surface area contributed by atoms with Crippen molar-refractivity contribution >= 4 is 5.91 Å². The molecule has 0 heterocycles. The van der Waals surface area contributed by atoms with Crippen molar-refractivity contribution in [3.8, 4) is 5.75 Å². The minimum atomic E-state index is -0.142. The van der Waals surface area contributed by atoms with Gasteiger partial charge in [0.2, 0.25) is 0 Å².